The molecule has 0 atom stereocenters. The lowest BCUT2D eigenvalue weighted by atomic mass is 10.0. The van der Waals surface area contributed by atoms with Crippen molar-refractivity contribution in [2.24, 2.45) is 0 Å². The van der Waals surface area contributed by atoms with Crippen LogP contribution in [-0.2, 0) is 6.42 Å². The van der Waals surface area contributed by atoms with Gasteiger partial charge in [-0.2, -0.15) is 0 Å². The van der Waals surface area contributed by atoms with E-state index < -0.39 is 0 Å². The fraction of sp³-hybridized carbons (Fsp3) is 0.529. The molecule has 20 heavy (non-hydrogen) atoms. The van der Waals surface area contributed by atoms with Gasteiger partial charge in [0.15, 0.2) is 0 Å². The molecule has 0 radical (unpaired) electrons. The van der Waals surface area contributed by atoms with Gasteiger partial charge in [0.05, 0.1) is 7.11 Å². The zero-order chi connectivity index (χ0) is 14.7. The van der Waals surface area contributed by atoms with Crippen LogP contribution < -0.4 is 4.74 Å². The predicted molar refractivity (Wildman–Crippen MR) is 85.5 cm³/mol. The molecule has 1 N–H and O–H groups in total. The number of benzene rings is 1. The van der Waals surface area contributed by atoms with Crippen LogP contribution in [0.4, 0.5) is 0 Å². The molecule has 0 fully saturated rings. The van der Waals surface area contributed by atoms with Crippen molar-refractivity contribution in [1.29, 1.82) is 0 Å². The van der Waals surface area contributed by atoms with Gasteiger partial charge in [-0.25, -0.2) is 0 Å². The van der Waals surface area contributed by atoms with Crippen LogP contribution in [-0.4, -0.2) is 35.6 Å². The minimum absolute atomic E-state index is 0.562. The average molecular weight is 274 g/mol. The van der Waals surface area contributed by atoms with Gasteiger partial charge in [0.2, 0.25) is 0 Å². The van der Waals surface area contributed by atoms with Crippen molar-refractivity contribution in [3.8, 4) is 5.75 Å². The maximum absolute atomic E-state index is 5.54. The first-order valence-electron chi connectivity index (χ1n) is 7.43. The van der Waals surface area contributed by atoms with Crippen molar-refractivity contribution in [3.63, 3.8) is 0 Å². The van der Waals surface area contributed by atoms with Gasteiger partial charge in [0.25, 0.3) is 0 Å². The number of aromatic amines is 1. The summed E-state index contributed by atoms with van der Waals surface area (Å²) in [6.45, 7) is 10.1. The Morgan fingerprint density at radius 2 is 1.80 bits per heavy atom. The van der Waals surface area contributed by atoms with Crippen LogP contribution in [0.2, 0.25) is 0 Å². The molecular weight excluding hydrogens is 248 g/mol. The molecule has 2 aromatic rings. The number of H-pyrrole nitrogens is 1. The highest BCUT2D eigenvalue weighted by Crippen LogP contribution is 2.28. The Kier molecular flexibility index (Phi) is 4.71. The second-order valence-electron chi connectivity index (χ2n) is 5.86. The molecular formula is C17H26N2O. The van der Waals surface area contributed by atoms with Crippen molar-refractivity contribution in [2.75, 3.05) is 13.7 Å². The SMILES string of the molecule is COc1ccc2[nH]ccc2c1CCN(C(C)C)C(C)C. The molecule has 1 aromatic carbocycles. The summed E-state index contributed by atoms with van der Waals surface area (Å²) in [5.41, 5.74) is 2.49. The number of methoxy groups -OCH3 is 1. The molecule has 0 saturated carbocycles. The van der Waals surface area contributed by atoms with Gasteiger partial charge in [-0.15, -0.1) is 0 Å². The van der Waals surface area contributed by atoms with E-state index in [1.807, 2.05) is 6.20 Å². The first kappa shape index (κ1) is 14.9. The number of fused-ring (bicyclic) bond motifs is 1. The highest BCUT2D eigenvalue weighted by atomic mass is 16.5. The van der Waals surface area contributed by atoms with Crippen molar-refractivity contribution in [3.05, 3.63) is 30.0 Å². The zero-order valence-corrected chi connectivity index (χ0v) is 13.2. The lowest BCUT2D eigenvalue weighted by molar-refractivity contribution is 0.177. The van der Waals surface area contributed by atoms with Crippen LogP contribution in [0.15, 0.2) is 24.4 Å². The van der Waals surface area contributed by atoms with Crippen LogP contribution >= 0.6 is 0 Å². The van der Waals surface area contributed by atoms with Crippen molar-refractivity contribution in [1.82, 2.24) is 9.88 Å². The van der Waals surface area contributed by atoms with Crippen molar-refractivity contribution < 1.29 is 4.74 Å². The van der Waals surface area contributed by atoms with E-state index in [4.69, 9.17) is 4.74 Å². The van der Waals surface area contributed by atoms with E-state index in [1.165, 1.54) is 16.5 Å². The summed E-state index contributed by atoms with van der Waals surface area (Å²) >= 11 is 0. The third kappa shape index (κ3) is 2.98. The second-order valence-corrected chi connectivity index (χ2v) is 5.86. The van der Waals surface area contributed by atoms with Crippen LogP contribution in [0.3, 0.4) is 0 Å². The third-order valence-electron chi connectivity index (χ3n) is 3.97. The Morgan fingerprint density at radius 3 is 2.40 bits per heavy atom. The first-order chi connectivity index (χ1) is 9.54. The van der Waals surface area contributed by atoms with Crippen molar-refractivity contribution in [2.45, 2.75) is 46.2 Å². The Labute approximate surface area is 121 Å². The summed E-state index contributed by atoms with van der Waals surface area (Å²) in [6.07, 6.45) is 3.00. The average Bonchev–Trinajstić information content (AvgIpc) is 2.86. The van der Waals surface area contributed by atoms with E-state index in [9.17, 15) is 0 Å². The second kappa shape index (κ2) is 6.31. The number of aromatic nitrogens is 1. The third-order valence-corrected chi connectivity index (χ3v) is 3.97. The van der Waals surface area contributed by atoms with Gasteiger partial charge in [-0.1, -0.05) is 0 Å². The first-order valence-corrected chi connectivity index (χ1v) is 7.43. The molecule has 0 unspecified atom stereocenters. The monoisotopic (exact) mass is 274 g/mol. The largest absolute Gasteiger partial charge is 0.496 e. The Balaban J connectivity index is 2.26. The molecule has 0 spiro atoms. The normalized spacial score (nSPS) is 12.0. The van der Waals surface area contributed by atoms with Crippen LogP contribution in [0.1, 0.15) is 33.3 Å². The number of ether oxygens (including phenoxy) is 1. The highest BCUT2D eigenvalue weighted by molar-refractivity contribution is 5.85. The fourth-order valence-corrected chi connectivity index (χ4v) is 2.98. The molecule has 3 nitrogen and oxygen atoms in total. The molecule has 0 aliphatic heterocycles. The number of nitrogens with one attached hydrogen (secondary N) is 1. The minimum Gasteiger partial charge on any atom is -0.496 e. The number of rotatable bonds is 6. The summed E-state index contributed by atoms with van der Waals surface area (Å²) in [5, 5.41) is 1.27. The van der Waals surface area contributed by atoms with Crippen molar-refractivity contribution >= 4 is 10.9 Å². The van der Waals surface area contributed by atoms with E-state index in [0.717, 1.165) is 18.7 Å². The molecule has 1 heterocycles. The Bertz CT molecular complexity index is 549. The predicted octanol–water partition coefficient (Wildman–Crippen LogP) is 3.84. The smallest absolute Gasteiger partial charge is 0.122 e. The van der Waals surface area contributed by atoms with Gasteiger partial charge in [-0.05, 0) is 52.3 Å². The topological polar surface area (TPSA) is 28.3 Å². The lowest BCUT2D eigenvalue weighted by Gasteiger charge is -2.30. The summed E-state index contributed by atoms with van der Waals surface area (Å²) in [6, 6.07) is 7.41. The van der Waals surface area contributed by atoms with Gasteiger partial charge >= 0.3 is 0 Å². The molecule has 2 rings (SSSR count). The quantitative estimate of drug-likeness (QED) is 0.867. The lowest BCUT2D eigenvalue weighted by Crippen LogP contribution is -2.38. The molecule has 3 heteroatoms. The molecule has 0 amide bonds. The van der Waals surface area contributed by atoms with E-state index in [-0.39, 0.29) is 0 Å². The minimum atomic E-state index is 0.562. The van der Waals surface area contributed by atoms with Crippen LogP contribution in [0.5, 0.6) is 5.75 Å². The Hall–Kier alpha value is -1.48. The van der Waals surface area contributed by atoms with Gasteiger partial charge < -0.3 is 9.72 Å². The molecule has 0 aliphatic carbocycles. The number of hydrogen-bond acceptors (Lipinski definition) is 2. The molecule has 110 valence electrons. The summed E-state index contributed by atoms with van der Waals surface area (Å²) in [7, 11) is 1.75. The molecule has 0 aliphatic rings. The summed E-state index contributed by atoms with van der Waals surface area (Å²) in [4.78, 5) is 5.79. The van der Waals surface area contributed by atoms with Gasteiger partial charge in [0, 0.05) is 41.3 Å². The maximum Gasteiger partial charge on any atom is 0.122 e. The molecule has 0 bridgehead atoms. The molecule has 1 aromatic heterocycles. The van der Waals surface area contributed by atoms with E-state index in [1.54, 1.807) is 7.11 Å². The summed E-state index contributed by atoms with van der Waals surface area (Å²) < 4.78 is 5.54. The standard InChI is InChI=1S/C17H26N2O/c1-12(2)19(13(3)4)11-9-15-14-8-10-18-16(14)6-7-17(15)20-5/h6-8,10,12-13,18H,9,11H2,1-5H3. The van der Waals surface area contributed by atoms with E-state index >= 15 is 0 Å². The van der Waals surface area contributed by atoms with Crippen LogP contribution in [0.25, 0.3) is 10.9 Å². The highest BCUT2D eigenvalue weighted by Gasteiger charge is 2.15. The molecule has 0 saturated heterocycles. The van der Waals surface area contributed by atoms with Gasteiger partial charge in [0.1, 0.15) is 5.75 Å². The number of nitrogens with zero attached hydrogens (tertiary/aromatic N) is 1. The summed E-state index contributed by atoms with van der Waals surface area (Å²) in [5.74, 6) is 0.990. The maximum atomic E-state index is 5.54. The van der Waals surface area contributed by atoms with Crippen LogP contribution in [0, 0.1) is 0 Å². The fourth-order valence-electron chi connectivity index (χ4n) is 2.98. The number of hydrogen-bond donors (Lipinski definition) is 1. The zero-order valence-electron chi connectivity index (χ0n) is 13.2. The Morgan fingerprint density at radius 1 is 1.10 bits per heavy atom. The van der Waals surface area contributed by atoms with Gasteiger partial charge in [-0.3, -0.25) is 4.90 Å². The van der Waals surface area contributed by atoms with E-state index in [0.29, 0.717) is 12.1 Å². The van der Waals surface area contributed by atoms with E-state index in [2.05, 4.69) is 55.8 Å².